The smallest absolute Gasteiger partial charge is 0.259 e. The van der Waals surface area contributed by atoms with E-state index in [-0.39, 0.29) is 16.6 Å². The van der Waals surface area contributed by atoms with Crippen LogP contribution in [0.15, 0.2) is 51.5 Å². The number of amides is 1. The fourth-order valence-electron chi connectivity index (χ4n) is 4.75. The molecule has 0 radical (unpaired) electrons. The van der Waals surface area contributed by atoms with E-state index in [0.29, 0.717) is 17.0 Å². The van der Waals surface area contributed by atoms with Gasteiger partial charge in [0.25, 0.3) is 5.91 Å². The van der Waals surface area contributed by atoms with Crippen LogP contribution in [0.5, 0.6) is 0 Å². The van der Waals surface area contributed by atoms with Crippen LogP contribution < -0.4 is 5.43 Å². The van der Waals surface area contributed by atoms with Crippen LogP contribution in [0.3, 0.4) is 0 Å². The van der Waals surface area contributed by atoms with Crippen LogP contribution >= 0.6 is 34.7 Å². The second-order valence-corrected chi connectivity index (χ2v) is 11.1. The Morgan fingerprint density at radius 2 is 1.88 bits per heavy atom. The van der Waals surface area contributed by atoms with Crippen molar-refractivity contribution in [3.63, 3.8) is 0 Å². The van der Waals surface area contributed by atoms with Gasteiger partial charge in [0.15, 0.2) is 5.43 Å². The highest BCUT2D eigenvalue weighted by molar-refractivity contribution is 7.99. The minimum absolute atomic E-state index is 0.109. The number of likely N-dealkylation sites (tertiary alicyclic amines) is 1. The highest BCUT2D eigenvalue weighted by atomic mass is 35.5. The van der Waals surface area contributed by atoms with Gasteiger partial charge in [-0.2, -0.15) is 0 Å². The van der Waals surface area contributed by atoms with Crippen LogP contribution in [0, 0.1) is 6.92 Å². The first kappa shape index (κ1) is 21.8. The summed E-state index contributed by atoms with van der Waals surface area (Å²) in [6.45, 7) is 3.39. The number of hydrogen-bond donors (Lipinski definition) is 0. The molecule has 0 spiro atoms. The molecule has 7 heteroatoms. The Hall–Kier alpha value is -2.02. The van der Waals surface area contributed by atoms with E-state index in [1.165, 1.54) is 4.88 Å². The summed E-state index contributed by atoms with van der Waals surface area (Å²) in [7, 11) is 0. The first-order chi connectivity index (χ1) is 15.5. The van der Waals surface area contributed by atoms with Gasteiger partial charge in [-0.1, -0.05) is 30.5 Å². The molecular weight excluding hydrogens is 460 g/mol. The molecule has 4 heterocycles. The third-order valence-corrected chi connectivity index (χ3v) is 8.93. The largest absolute Gasteiger partial charge is 0.338 e. The first-order valence-electron chi connectivity index (χ1n) is 11.1. The van der Waals surface area contributed by atoms with E-state index < -0.39 is 0 Å². The van der Waals surface area contributed by atoms with Gasteiger partial charge in [0.1, 0.15) is 5.56 Å². The minimum Gasteiger partial charge on any atom is -0.338 e. The molecule has 1 saturated heterocycles. The van der Waals surface area contributed by atoms with Crippen molar-refractivity contribution in [2.24, 2.45) is 0 Å². The van der Waals surface area contributed by atoms with Gasteiger partial charge < -0.3 is 9.47 Å². The molecular formula is C25H25ClN2O2S2. The molecule has 3 aromatic rings. The van der Waals surface area contributed by atoms with Gasteiger partial charge in [-0.05, 0) is 49.4 Å². The molecule has 32 heavy (non-hydrogen) atoms. The molecule has 1 aromatic carbocycles. The quantitative estimate of drug-likeness (QED) is 0.430. The summed E-state index contributed by atoms with van der Waals surface area (Å²) in [5.74, 6) is -0.118. The molecule has 1 atom stereocenters. The summed E-state index contributed by atoms with van der Waals surface area (Å²) >= 11 is 9.83. The van der Waals surface area contributed by atoms with Crippen LogP contribution in [-0.4, -0.2) is 28.5 Å². The number of pyridine rings is 1. The van der Waals surface area contributed by atoms with E-state index in [0.717, 1.165) is 60.7 Å². The summed E-state index contributed by atoms with van der Waals surface area (Å²) < 4.78 is 2.11. The fourth-order valence-corrected chi connectivity index (χ4v) is 7.23. The normalized spacial score (nSPS) is 18.4. The van der Waals surface area contributed by atoms with Crippen LogP contribution in [0.2, 0.25) is 5.02 Å². The van der Waals surface area contributed by atoms with Gasteiger partial charge in [0, 0.05) is 57.0 Å². The van der Waals surface area contributed by atoms with Crippen LogP contribution in [0.1, 0.15) is 57.6 Å². The Bertz CT molecular complexity index is 1210. The number of thioether (sulfide) groups is 1. The number of nitrogens with zero attached hydrogens (tertiary/aromatic N) is 2. The lowest BCUT2D eigenvalue weighted by Crippen LogP contribution is -2.37. The highest BCUT2D eigenvalue weighted by Crippen LogP contribution is 2.46. The predicted octanol–water partition coefficient (Wildman–Crippen LogP) is 6.27. The fraction of sp³-hybridized carbons (Fsp3) is 0.360. The monoisotopic (exact) mass is 484 g/mol. The number of aryl methyl sites for hydroxylation is 1. The summed E-state index contributed by atoms with van der Waals surface area (Å²) in [5, 5.41) is 2.87. The van der Waals surface area contributed by atoms with Gasteiger partial charge in [-0.15, -0.1) is 23.1 Å². The Kier molecular flexibility index (Phi) is 6.19. The molecule has 2 aliphatic rings. The van der Waals surface area contributed by atoms with Gasteiger partial charge in [0.05, 0.1) is 5.69 Å². The van der Waals surface area contributed by atoms with E-state index in [1.807, 2.05) is 30.0 Å². The van der Waals surface area contributed by atoms with E-state index >= 15 is 0 Å². The molecule has 0 unspecified atom stereocenters. The maximum absolute atomic E-state index is 13.7. The van der Waals surface area contributed by atoms with E-state index in [4.69, 9.17) is 11.6 Å². The molecule has 166 valence electrons. The molecule has 1 fully saturated rings. The lowest BCUT2D eigenvalue weighted by molar-refractivity contribution is 0.0758. The number of benzene rings is 1. The van der Waals surface area contributed by atoms with Gasteiger partial charge in [-0.3, -0.25) is 9.59 Å². The molecule has 4 nitrogen and oxygen atoms in total. The molecule has 0 bridgehead atoms. The topological polar surface area (TPSA) is 42.3 Å². The van der Waals surface area contributed by atoms with E-state index in [1.54, 1.807) is 29.2 Å². The second-order valence-electron chi connectivity index (χ2n) is 8.45. The average molecular weight is 485 g/mol. The van der Waals surface area contributed by atoms with E-state index in [2.05, 4.69) is 22.1 Å². The summed E-state index contributed by atoms with van der Waals surface area (Å²) in [6.07, 6.45) is 4.88. The Labute approximate surface area is 201 Å². The molecule has 0 aliphatic carbocycles. The molecule has 5 rings (SSSR count). The zero-order chi connectivity index (χ0) is 22.2. The number of thiophene rings is 1. The lowest BCUT2D eigenvalue weighted by Gasteiger charge is -2.24. The minimum atomic E-state index is -0.171. The third kappa shape index (κ3) is 4.04. The van der Waals surface area contributed by atoms with Gasteiger partial charge in [0.2, 0.25) is 0 Å². The molecule has 2 aromatic heterocycles. The number of halogens is 1. The Morgan fingerprint density at radius 1 is 1.09 bits per heavy atom. The number of fused-ring (bicyclic) bond motifs is 3. The SMILES string of the molecule is Cc1cc(=O)c(C(=O)N2CCCCCC2)c2n1-c1ccc(Cl)cc1S[C@@H](c1cccs1)C2. The Balaban J connectivity index is 1.72. The zero-order valence-corrected chi connectivity index (χ0v) is 20.4. The number of carbonyl (C=O) groups excluding carboxylic acids is 1. The van der Waals surface area contributed by atoms with Crippen LogP contribution in [0.4, 0.5) is 0 Å². The van der Waals surface area contributed by atoms with Crippen molar-refractivity contribution in [1.29, 1.82) is 0 Å². The molecule has 2 aliphatic heterocycles. The van der Waals surface area contributed by atoms with E-state index in [9.17, 15) is 9.59 Å². The predicted molar refractivity (Wildman–Crippen MR) is 133 cm³/mol. The summed E-state index contributed by atoms with van der Waals surface area (Å²) in [5.41, 5.74) is 2.80. The molecule has 0 N–H and O–H groups in total. The van der Waals surface area contributed by atoms with Crippen molar-refractivity contribution in [3.8, 4) is 5.69 Å². The number of rotatable bonds is 2. The van der Waals surface area contributed by atoms with Gasteiger partial charge in [-0.25, -0.2) is 0 Å². The first-order valence-corrected chi connectivity index (χ1v) is 13.2. The highest BCUT2D eigenvalue weighted by Gasteiger charge is 2.31. The molecule has 1 amide bonds. The number of hydrogen-bond acceptors (Lipinski definition) is 4. The van der Waals surface area contributed by atoms with Crippen LogP contribution in [0.25, 0.3) is 5.69 Å². The maximum atomic E-state index is 13.7. The van der Waals surface area contributed by atoms with Gasteiger partial charge >= 0.3 is 0 Å². The number of aromatic nitrogens is 1. The lowest BCUT2D eigenvalue weighted by atomic mass is 10.0. The Morgan fingerprint density at radius 3 is 2.59 bits per heavy atom. The number of carbonyl (C=O) groups is 1. The maximum Gasteiger partial charge on any atom is 0.259 e. The second kappa shape index (κ2) is 9.08. The van der Waals surface area contributed by atoms with Crippen molar-refractivity contribution >= 4 is 40.6 Å². The van der Waals surface area contributed by atoms with Crippen molar-refractivity contribution < 1.29 is 4.79 Å². The average Bonchev–Trinajstić information content (AvgIpc) is 3.08. The summed E-state index contributed by atoms with van der Waals surface area (Å²) in [4.78, 5) is 31.2. The third-order valence-electron chi connectivity index (χ3n) is 6.28. The van der Waals surface area contributed by atoms with Crippen molar-refractivity contribution in [2.45, 2.75) is 49.2 Å². The summed E-state index contributed by atoms with van der Waals surface area (Å²) in [6, 6.07) is 11.7. The van der Waals surface area contributed by atoms with Crippen molar-refractivity contribution in [2.75, 3.05) is 13.1 Å². The molecule has 0 saturated carbocycles. The van der Waals surface area contributed by atoms with Crippen molar-refractivity contribution in [1.82, 2.24) is 9.47 Å². The zero-order valence-electron chi connectivity index (χ0n) is 18.0. The van der Waals surface area contributed by atoms with Crippen molar-refractivity contribution in [3.05, 3.63) is 78.9 Å². The van der Waals surface area contributed by atoms with Crippen LogP contribution in [-0.2, 0) is 6.42 Å². The standard InChI is InChI=1S/C25H25ClN2O2S2/c1-16-13-20(29)24(25(30)27-10-4-2-3-5-11-27)19-15-23(21-7-6-12-31-21)32-22-14-17(26)8-9-18(22)28(16)19/h6-9,12-14,23H,2-5,10-11,15H2,1H3/t23-/m1/s1.